The second-order valence-electron chi connectivity index (χ2n) is 4.33. The van der Waals surface area contributed by atoms with Crippen molar-refractivity contribution in [2.24, 2.45) is 10.9 Å². The van der Waals surface area contributed by atoms with Crippen molar-refractivity contribution in [1.29, 1.82) is 0 Å². The first-order valence-corrected chi connectivity index (χ1v) is 7.43. The Hall–Kier alpha value is -1.76. The summed E-state index contributed by atoms with van der Waals surface area (Å²) in [4.78, 5) is 1.18. The summed E-state index contributed by atoms with van der Waals surface area (Å²) in [5.41, 5.74) is 7.20. The summed E-state index contributed by atoms with van der Waals surface area (Å²) >= 11 is 7.45. The molecule has 0 fully saturated rings. The molecule has 21 heavy (non-hydrogen) atoms. The highest BCUT2D eigenvalue weighted by Gasteiger charge is 2.08. The van der Waals surface area contributed by atoms with Crippen LogP contribution in [-0.4, -0.2) is 18.2 Å². The van der Waals surface area contributed by atoms with E-state index in [-0.39, 0.29) is 5.84 Å². The minimum absolute atomic E-state index is 0.0274. The second-order valence-corrected chi connectivity index (χ2v) is 6.13. The number of nitrogens with two attached hydrogens (primary N) is 1. The van der Waals surface area contributed by atoms with Crippen LogP contribution in [0.5, 0.6) is 5.75 Å². The number of amidine groups is 1. The average molecular weight is 326 g/mol. The molecule has 0 aliphatic rings. The van der Waals surface area contributed by atoms with Gasteiger partial charge in [0.25, 0.3) is 0 Å². The number of ether oxygens (including phenoxy) is 1. The molecule has 1 aromatic heterocycles. The zero-order chi connectivity index (χ0) is 15.2. The van der Waals surface area contributed by atoms with Gasteiger partial charge in [0.15, 0.2) is 5.84 Å². The molecule has 0 aliphatic heterocycles. The van der Waals surface area contributed by atoms with Crippen molar-refractivity contribution < 1.29 is 9.94 Å². The smallest absolute Gasteiger partial charge is 0.173 e. The van der Waals surface area contributed by atoms with Gasteiger partial charge in [0.1, 0.15) is 5.75 Å². The predicted octanol–water partition coefficient (Wildman–Crippen LogP) is 2.79. The summed E-state index contributed by atoms with van der Waals surface area (Å²) in [5, 5.41) is 15.1. The summed E-state index contributed by atoms with van der Waals surface area (Å²) in [6.45, 7) is 1.43. The Morgan fingerprint density at radius 2 is 2.19 bits per heavy atom. The molecule has 7 heteroatoms. The molecule has 1 heterocycles. The standard InChI is InChI=1S/C14H16ClN3O2S/c1-20-12-6-9(2-4-11(12)14(16)18-19)7-17-8-10-3-5-13(15)21-10/h2-6,17,19H,7-8H2,1H3,(H2,16,18). The number of oxime groups is 1. The first kappa shape index (κ1) is 15.6. The summed E-state index contributed by atoms with van der Waals surface area (Å²) in [6, 6.07) is 9.43. The molecule has 0 saturated heterocycles. The van der Waals surface area contributed by atoms with Crippen LogP contribution in [0.3, 0.4) is 0 Å². The topological polar surface area (TPSA) is 79.9 Å². The lowest BCUT2D eigenvalue weighted by atomic mass is 10.1. The van der Waals surface area contributed by atoms with E-state index in [1.54, 1.807) is 24.5 Å². The summed E-state index contributed by atoms with van der Waals surface area (Å²) in [7, 11) is 1.55. The number of hydrogen-bond acceptors (Lipinski definition) is 5. The van der Waals surface area contributed by atoms with Gasteiger partial charge in [-0.2, -0.15) is 0 Å². The minimum atomic E-state index is 0.0274. The monoisotopic (exact) mass is 325 g/mol. The van der Waals surface area contributed by atoms with Gasteiger partial charge in [0.2, 0.25) is 0 Å². The summed E-state index contributed by atoms with van der Waals surface area (Å²) < 4.78 is 6.05. The largest absolute Gasteiger partial charge is 0.496 e. The van der Waals surface area contributed by atoms with Crippen molar-refractivity contribution >= 4 is 28.8 Å². The molecule has 0 unspecified atom stereocenters. The highest BCUT2D eigenvalue weighted by molar-refractivity contribution is 7.16. The van der Waals surface area contributed by atoms with Gasteiger partial charge >= 0.3 is 0 Å². The Morgan fingerprint density at radius 1 is 1.38 bits per heavy atom. The van der Waals surface area contributed by atoms with Crippen molar-refractivity contribution in [3.05, 3.63) is 50.7 Å². The zero-order valence-corrected chi connectivity index (χ0v) is 13.0. The Labute approximate surface area is 132 Å². The Bertz CT molecular complexity index is 643. The summed E-state index contributed by atoms with van der Waals surface area (Å²) in [6.07, 6.45) is 0. The molecule has 4 N–H and O–H groups in total. The molecule has 0 bridgehead atoms. The van der Waals surface area contributed by atoms with Gasteiger partial charge in [-0.1, -0.05) is 22.8 Å². The molecular weight excluding hydrogens is 310 g/mol. The fourth-order valence-electron chi connectivity index (χ4n) is 1.89. The van der Waals surface area contributed by atoms with E-state index in [2.05, 4.69) is 10.5 Å². The minimum Gasteiger partial charge on any atom is -0.496 e. The van der Waals surface area contributed by atoms with Crippen molar-refractivity contribution in [2.45, 2.75) is 13.1 Å². The van der Waals surface area contributed by atoms with Crippen LogP contribution in [0, 0.1) is 0 Å². The maximum Gasteiger partial charge on any atom is 0.173 e. The zero-order valence-electron chi connectivity index (χ0n) is 11.5. The summed E-state index contributed by atoms with van der Waals surface area (Å²) in [5.74, 6) is 0.600. The molecule has 2 aromatic rings. The highest BCUT2D eigenvalue weighted by atomic mass is 35.5. The third-order valence-corrected chi connectivity index (χ3v) is 4.14. The third kappa shape index (κ3) is 4.10. The van der Waals surface area contributed by atoms with Gasteiger partial charge in [0.05, 0.1) is 17.0 Å². The van der Waals surface area contributed by atoms with E-state index in [0.29, 0.717) is 17.9 Å². The lowest BCUT2D eigenvalue weighted by Crippen LogP contribution is -2.16. The van der Waals surface area contributed by atoms with Crippen molar-refractivity contribution in [2.75, 3.05) is 7.11 Å². The Kier molecular flexibility index (Phi) is 5.44. The van der Waals surface area contributed by atoms with E-state index in [4.69, 9.17) is 27.3 Å². The van der Waals surface area contributed by atoms with E-state index in [9.17, 15) is 0 Å². The van der Waals surface area contributed by atoms with Crippen LogP contribution in [0.25, 0.3) is 0 Å². The molecule has 0 radical (unpaired) electrons. The first-order chi connectivity index (χ1) is 10.1. The molecule has 5 nitrogen and oxygen atoms in total. The van der Waals surface area contributed by atoms with Crippen LogP contribution in [0.2, 0.25) is 4.34 Å². The van der Waals surface area contributed by atoms with Crippen LogP contribution in [0.1, 0.15) is 16.0 Å². The number of rotatable bonds is 6. The lowest BCUT2D eigenvalue weighted by Gasteiger charge is -2.10. The molecule has 0 saturated carbocycles. The van der Waals surface area contributed by atoms with Crippen molar-refractivity contribution in [3.63, 3.8) is 0 Å². The van der Waals surface area contributed by atoms with Crippen LogP contribution >= 0.6 is 22.9 Å². The van der Waals surface area contributed by atoms with Gasteiger partial charge in [-0.05, 0) is 29.8 Å². The molecular formula is C14H16ClN3O2S. The second kappa shape index (κ2) is 7.31. The quantitative estimate of drug-likeness (QED) is 0.330. The van der Waals surface area contributed by atoms with Gasteiger partial charge in [-0.25, -0.2) is 0 Å². The van der Waals surface area contributed by atoms with E-state index < -0.39 is 0 Å². The molecule has 112 valence electrons. The van der Waals surface area contributed by atoms with Gasteiger partial charge in [-0.15, -0.1) is 11.3 Å². The predicted molar refractivity (Wildman–Crippen MR) is 85.4 cm³/mol. The number of thiophene rings is 1. The van der Waals surface area contributed by atoms with Crippen LogP contribution in [-0.2, 0) is 13.1 Å². The molecule has 0 spiro atoms. The maximum atomic E-state index is 8.73. The maximum absolute atomic E-state index is 8.73. The number of halogens is 1. The van der Waals surface area contributed by atoms with Crippen LogP contribution < -0.4 is 15.8 Å². The van der Waals surface area contributed by atoms with Crippen LogP contribution in [0.4, 0.5) is 0 Å². The Balaban J connectivity index is 2.00. The average Bonchev–Trinajstić information content (AvgIpc) is 2.91. The highest BCUT2D eigenvalue weighted by Crippen LogP contribution is 2.22. The Morgan fingerprint density at radius 3 is 2.81 bits per heavy atom. The fourth-order valence-corrected chi connectivity index (χ4v) is 2.95. The molecule has 0 atom stereocenters. The van der Waals surface area contributed by atoms with E-state index in [0.717, 1.165) is 16.4 Å². The van der Waals surface area contributed by atoms with E-state index in [1.807, 2.05) is 24.3 Å². The van der Waals surface area contributed by atoms with Gasteiger partial charge in [-0.3, -0.25) is 0 Å². The number of hydrogen-bond donors (Lipinski definition) is 3. The van der Waals surface area contributed by atoms with E-state index in [1.165, 1.54) is 4.88 Å². The van der Waals surface area contributed by atoms with E-state index >= 15 is 0 Å². The number of methoxy groups -OCH3 is 1. The fraction of sp³-hybridized carbons (Fsp3) is 0.214. The number of benzene rings is 1. The normalized spacial score (nSPS) is 11.6. The van der Waals surface area contributed by atoms with Gasteiger partial charge < -0.3 is 21.0 Å². The number of nitrogens with zero attached hydrogens (tertiary/aromatic N) is 1. The number of nitrogens with one attached hydrogen (secondary N) is 1. The first-order valence-electron chi connectivity index (χ1n) is 6.23. The van der Waals surface area contributed by atoms with Crippen molar-refractivity contribution in [1.82, 2.24) is 5.32 Å². The van der Waals surface area contributed by atoms with Crippen molar-refractivity contribution in [3.8, 4) is 5.75 Å². The van der Waals surface area contributed by atoms with Gasteiger partial charge in [0, 0.05) is 18.0 Å². The lowest BCUT2D eigenvalue weighted by molar-refractivity contribution is 0.318. The third-order valence-electron chi connectivity index (χ3n) is 2.91. The SMILES string of the molecule is COc1cc(CNCc2ccc(Cl)s2)ccc1/C(N)=N/O. The molecule has 2 rings (SSSR count). The van der Waals surface area contributed by atoms with Crippen LogP contribution in [0.15, 0.2) is 35.5 Å². The molecule has 0 amide bonds. The molecule has 0 aliphatic carbocycles. The molecule has 1 aromatic carbocycles.